The third-order valence-corrected chi connectivity index (χ3v) is 5.48. The number of rotatable bonds is 5. The SMILES string of the molecule is CN1CC[C@@](O)(c2cccc(-c3coc(-c4ccnc(Nc5ccn(C)n5)n4)n3)c2)C1=O. The van der Waals surface area contributed by atoms with Gasteiger partial charge >= 0.3 is 0 Å². The highest BCUT2D eigenvalue weighted by molar-refractivity contribution is 5.88. The van der Waals surface area contributed by atoms with Crippen LogP contribution in [0.1, 0.15) is 12.0 Å². The Morgan fingerprint density at radius 3 is 2.78 bits per heavy atom. The van der Waals surface area contributed by atoms with Crippen LogP contribution in [-0.2, 0) is 17.4 Å². The minimum atomic E-state index is -1.52. The molecule has 0 saturated carbocycles. The highest BCUT2D eigenvalue weighted by Gasteiger charge is 2.45. The molecule has 0 unspecified atom stereocenters. The van der Waals surface area contributed by atoms with Crippen LogP contribution in [-0.4, -0.2) is 54.2 Å². The molecule has 4 heterocycles. The Labute approximate surface area is 183 Å². The molecule has 5 rings (SSSR count). The van der Waals surface area contributed by atoms with Gasteiger partial charge in [0.1, 0.15) is 17.7 Å². The maximum atomic E-state index is 12.4. The van der Waals surface area contributed by atoms with Gasteiger partial charge in [0.15, 0.2) is 11.4 Å². The first-order chi connectivity index (χ1) is 15.4. The van der Waals surface area contributed by atoms with Crippen molar-refractivity contribution in [3.05, 3.63) is 60.6 Å². The normalized spacial score (nSPS) is 18.3. The van der Waals surface area contributed by atoms with E-state index in [1.807, 2.05) is 25.4 Å². The van der Waals surface area contributed by atoms with Crippen molar-refractivity contribution in [2.45, 2.75) is 12.0 Å². The number of carbonyl (C=O) groups is 1. The van der Waals surface area contributed by atoms with E-state index < -0.39 is 5.60 Å². The molecule has 0 spiro atoms. The maximum absolute atomic E-state index is 12.4. The van der Waals surface area contributed by atoms with Gasteiger partial charge in [-0.25, -0.2) is 15.0 Å². The standard InChI is InChI=1S/C22H21N7O3/c1-28-11-8-22(31,20(28)30)15-5-3-4-14(12-15)17-13-32-19(24-17)16-6-9-23-21(25-16)26-18-7-10-29(2)27-18/h3-7,9-10,12-13,31H,8,11H2,1-2H3,(H,23,25,26,27)/t22-/m1/s1. The fourth-order valence-electron chi connectivity index (χ4n) is 3.72. The molecule has 4 aromatic rings. The number of aliphatic hydroxyl groups is 1. The van der Waals surface area contributed by atoms with E-state index in [-0.39, 0.29) is 5.91 Å². The number of likely N-dealkylation sites (tertiary alicyclic amines) is 1. The third-order valence-electron chi connectivity index (χ3n) is 5.48. The van der Waals surface area contributed by atoms with Crippen LogP contribution in [0.4, 0.5) is 11.8 Å². The minimum absolute atomic E-state index is 0.301. The summed E-state index contributed by atoms with van der Waals surface area (Å²) in [7, 11) is 3.51. The van der Waals surface area contributed by atoms with Crippen LogP contribution < -0.4 is 5.32 Å². The predicted octanol–water partition coefficient (Wildman–Crippen LogP) is 2.33. The Bertz CT molecular complexity index is 1300. The van der Waals surface area contributed by atoms with Crippen LogP contribution in [0, 0.1) is 0 Å². The topological polar surface area (TPSA) is 122 Å². The summed E-state index contributed by atoms with van der Waals surface area (Å²) in [6.07, 6.45) is 5.29. The molecule has 10 nitrogen and oxygen atoms in total. The van der Waals surface area contributed by atoms with E-state index in [4.69, 9.17) is 4.42 Å². The Morgan fingerprint density at radius 1 is 1.16 bits per heavy atom. The molecule has 162 valence electrons. The molecule has 1 aliphatic heterocycles. The number of anilines is 2. The molecule has 10 heteroatoms. The van der Waals surface area contributed by atoms with Gasteiger partial charge in [-0.3, -0.25) is 9.48 Å². The zero-order chi connectivity index (χ0) is 22.3. The van der Waals surface area contributed by atoms with E-state index in [0.29, 0.717) is 47.6 Å². The molecule has 1 fully saturated rings. The lowest BCUT2D eigenvalue weighted by Crippen LogP contribution is -2.36. The fraction of sp³-hybridized carbons (Fsp3) is 0.227. The summed E-state index contributed by atoms with van der Waals surface area (Å²) in [5.74, 6) is 1.02. The Kier molecular flexibility index (Phi) is 4.71. The molecule has 1 saturated heterocycles. The predicted molar refractivity (Wildman–Crippen MR) is 116 cm³/mol. The molecule has 32 heavy (non-hydrogen) atoms. The number of carbonyl (C=O) groups excluding carboxylic acids is 1. The lowest BCUT2D eigenvalue weighted by atomic mass is 9.90. The molecular weight excluding hydrogens is 410 g/mol. The third kappa shape index (κ3) is 3.50. The average molecular weight is 431 g/mol. The number of amides is 1. The second-order valence-electron chi connectivity index (χ2n) is 7.72. The summed E-state index contributed by atoms with van der Waals surface area (Å²) in [6, 6.07) is 10.7. The first-order valence-corrected chi connectivity index (χ1v) is 10.1. The summed E-state index contributed by atoms with van der Waals surface area (Å²) in [4.78, 5) is 27.2. The van der Waals surface area contributed by atoms with Crippen LogP contribution in [0.25, 0.3) is 22.8 Å². The molecule has 2 N–H and O–H groups in total. The van der Waals surface area contributed by atoms with Gasteiger partial charge in [0.25, 0.3) is 5.91 Å². The van der Waals surface area contributed by atoms with Gasteiger partial charge in [0.2, 0.25) is 11.8 Å². The number of aromatic nitrogens is 5. The summed E-state index contributed by atoms with van der Waals surface area (Å²) in [6.45, 7) is 0.510. The van der Waals surface area contributed by atoms with E-state index in [1.54, 1.807) is 42.2 Å². The summed E-state index contributed by atoms with van der Waals surface area (Å²) >= 11 is 0. The quantitative estimate of drug-likeness (QED) is 0.494. The van der Waals surface area contributed by atoms with Crippen molar-refractivity contribution < 1.29 is 14.3 Å². The first-order valence-electron chi connectivity index (χ1n) is 10.1. The van der Waals surface area contributed by atoms with Crippen molar-refractivity contribution >= 4 is 17.7 Å². The maximum Gasteiger partial charge on any atom is 0.258 e. The zero-order valence-corrected chi connectivity index (χ0v) is 17.6. The average Bonchev–Trinajstić information content (AvgIpc) is 3.52. The molecule has 1 aromatic carbocycles. The van der Waals surface area contributed by atoms with Gasteiger partial charge in [-0.1, -0.05) is 18.2 Å². The number of benzene rings is 1. The van der Waals surface area contributed by atoms with Crippen LogP contribution in [0.2, 0.25) is 0 Å². The zero-order valence-electron chi connectivity index (χ0n) is 17.6. The van der Waals surface area contributed by atoms with Crippen LogP contribution >= 0.6 is 0 Å². The number of nitrogens with one attached hydrogen (secondary N) is 1. The minimum Gasteiger partial charge on any atom is -0.443 e. The van der Waals surface area contributed by atoms with E-state index in [9.17, 15) is 9.90 Å². The second-order valence-corrected chi connectivity index (χ2v) is 7.72. The molecule has 0 radical (unpaired) electrons. The lowest BCUT2D eigenvalue weighted by molar-refractivity contribution is -0.143. The number of likely N-dealkylation sites (N-methyl/N-ethyl adjacent to an activating group) is 1. The van der Waals surface area contributed by atoms with Crippen LogP contribution in [0.15, 0.2) is 59.5 Å². The Hall–Kier alpha value is -4.05. The van der Waals surface area contributed by atoms with Crippen molar-refractivity contribution in [3.63, 3.8) is 0 Å². The first kappa shape index (κ1) is 19.9. The van der Waals surface area contributed by atoms with Crippen molar-refractivity contribution in [1.82, 2.24) is 29.6 Å². The largest absolute Gasteiger partial charge is 0.443 e. The van der Waals surface area contributed by atoms with Crippen LogP contribution in [0.3, 0.4) is 0 Å². The number of oxazole rings is 1. The van der Waals surface area contributed by atoms with Crippen LogP contribution in [0.5, 0.6) is 0 Å². The number of hydrogen-bond donors (Lipinski definition) is 2. The van der Waals surface area contributed by atoms with E-state index in [0.717, 1.165) is 5.56 Å². The summed E-state index contributed by atoms with van der Waals surface area (Å²) < 4.78 is 7.33. The van der Waals surface area contributed by atoms with Crippen molar-refractivity contribution in [3.8, 4) is 22.8 Å². The van der Waals surface area contributed by atoms with Gasteiger partial charge in [-0.05, 0) is 17.7 Å². The lowest BCUT2D eigenvalue weighted by Gasteiger charge is -2.21. The van der Waals surface area contributed by atoms with Gasteiger partial charge in [-0.2, -0.15) is 5.10 Å². The summed E-state index contributed by atoms with van der Waals surface area (Å²) in [5, 5.41) is 18.2. The van der Waals surface area contributed by atoms with E-state index >= 15 is 0 Å². The molecule has 3 aromatic heterocycles. The van der Waals surface area contributed by atoms with E-state index in [2.05, 4.69) is 25.4 Å². The second kappa shape index (κ2) is 7.57. The van der Waals surface area contributed by atoms with Gasteiger partial charge < -0.3 is 19.7 Å². The Balaban J connectivity index is 1.41. The smallest absolute Gasteiger partial charge is 0.258 e. The highest BCUT2D eigenvalue weighted by Crippen LogP contribution is 2.35. The number of aryl methyl sites for hydroxylation is 1. The molecule has 0 bridgehead atoms. The monoisotopic (exact) mass is 431 g/mol. The molecule has 1 aliphatic rings. The molecule has 0 aliphatic carbocycles. The summed E-state index contributed by atoms with van der Waals surface area (Å²) in [5.41, 5.74) is 0.830. The Morgan fingerprint density at radius 2 is 2.03 bits per heavy atom. The van der Waals surface area contributed by atoms with Gasteiger partial charge in [-0.15, -0.1) is 0 Å². The van der Waals surface area contributed by atoms with Crippen molar-refractivity contribution in [2.24, 2.45) is 7.05 Å². The molecule has 1 atom stereocenters. The van der Waals surface area contributed by atoms with Crippen molar-refractivity contribution in [1.29, 1.82) is 0 Å². The highest BCUT2D eigenvalue weighted by atomic mass is 16.3. The molecule has 1 amide bonds. The number of hydrogen-bond acceptors (Lipinski definition) is 8. The van der Waals surface area contributed by atoms with E-state index in [1.165, 1.54) is 11.2 Å². The van der Waals surface area contributed by atoms with Gasteiger partial charge in [0.05, 0.1) is 0 Å². The van der Waals surface area contributed by atoms with Gasteiger partial charge in [0, 0.05) is 51.1 Å². The molecular formula is C22H21N7O3. The number of nitrogens with zero attached hydrogens (tertiary/aromatic N) is 6. The fourth-order valence-corrected chi connectivity index (χ4v) is 3.72. The van der Waals surface area contributed by atoms with Crippen molar-refractivity contribution in [2.75, 3.05) is 18.9 Å².